The maximum absolute atomic E-state index is 14.2. The lowest BCUT2D eigenvalue weighted by atomic mass is 9.65. The Kier molecular flexibility index (Phi) is 4.85. The predicted molar refractivity (Wildman–Crippen MR) is 103 cm³/mol. The lowest BCUT2D eigenvalue weighted by Crippen LogP contribution is -2.49. The molecule has 0 bridgehead atoms. The molecule has 28 heavy (non-hydrogen) atoms. The molecule has 3 aromatic rings. The van der Waals surface area contributed by atoms with Crippen LogP contribution < -0.4 is 10.6 Å². The first kappa shape index (κ1) is 18.2. The molecule has 0 saturated heterocycles. The van der Waals surface area contributed by atoms with E-state index in [1.807, 2.05) is 18.2 Å². The zero-order valence-electron chi connectivity index (χ0n) is 15.4. The molecule has 1 aliphatic rings. The second-order valence-electron chi connectivity index (χ2n) is 6.96. The largest absolute Gasteiger partial charge is 0.373 e. The van der Waals surface area contributed by atoms with Crippen LogP contribution in [0.15, 0.2) is 48.8 Å². The molecule has 3 aromatic heterocycles. The van der Waals surface area contributed by atoms with Gasteiger partial charge in [0.05, 0.1) is 11.4 Å². The topological polar surface area (TPSA) is 75.6 Å². The molecule has 0 aromatic carbocycles. The summed E-state index contributed by atoms with van der Waals surface area (Å²) in [5.74, 6) is 0.908. The summed E-state index contributed by atoms with van der Waals surface area (Å²) >= 11 is 0. The number of rotatable bonds is 6. The van der Waals surface area contributed by atoms with Gasteiger partial charge in [0.1, 0.15) is 23.6 Å². The third-order valence-electron chi connectivity index (χ3n) is 5.07. The van der Waals surface area contributed by atoms with Crippen LogP contribution in [0.1, 0.15) is 18.5 Å². The number of pyridine rings is 2. The van der Waals surface area contributed by atoms with Gasteiger partial charge in [0.2, 0.25) is 0 Å². The van der Waals surface area contributed by atoms with Gasteiger partial charge in [-0.05, 0) is 49.2 Å². The summed E-state index contributed by atoms with van der Waals surface area (Å²) < 4.78 is 27.8. The van der Waals surface area contributed by atoms with Crippen molar-refractivity contribution in [2.24, 2.45) is 0 Å². The zero-order valence-corrected chi connectivity index (χ0v) is 15.4. The van der Waals surface area contributed by atoms with Crippen LogP contribution in [0.25, 0.3) is 11.3 Å². The van der Waals surface area contributed by atoms with Crippen molar-refractivity contribution < 1.29 is 8.78 Å². The van der Waals surface area contributed by atoms with Gasteiger partial charge < -0.3 is 10.6 Å². The van der Waals surface area contributed by atoms with Gasteiger partial charge in [-0.2, -0.15) is 0 Å². The van der Waals surface area contributed by atoms with E-state index < -0.39 is 17.4 Å². The summed E-state index contributed by atoms with van der Waals surface area (Å²) in [6.07, 6.45) is 2.79. The minimum atomic E-state index is -0.940. The van der Waals surface area contributed by atoms with Gasteiger partial charge in [-0.15, -0.1) is 10.2 Å². The highest BCUT2D eigenvalue weighted by molar-refractivity contribution is 5.60. The second-order valence-corrected chi connectivity index (χ2v) is 6.96. The molecule has 144 valence electrons. The monoisotopic (exact) mass is 382 g/mol. The molecule has 0 radical (unpaired) electrons. The van der Waals surface area contributed by atoms with E-state index in [4.69, 9.17) is 0 Å². The quantitative estimate of drug-likeness (QED) is 0.679. The van der Waals surface area contributed by atoms with Crippen LogP contribution in [-0.4, -0.2) is 39.9 Å². The van der Waals surface area contributed by atoms with Crippen molar-refractivity contribution in [1.29, 1.82) is 0 Å². The molecule has 0 aliphatic heterocycles. The van der Waals surface area contributed by atoms with Gasteiger partial charge in [-0.1, -0.05) is 0 Å². The van der Waals surface area contributed by atoms with Gasteiger partial charge in [0, 0.05) is 37.0 Å². The molecule has 0 spiro atoms. The molecule has 1 saturated carbocycles. The Morgan fingerprint density at radius 1 is 1.07 bits per heavy atom. The number of alkyl halides is 1. The highest BCUT2D eigenvalue weighted by Gasteiger charge is 2.48. The molecule has 0 atom stereocenters. The van der Waals surface area contributed by atoms with Crippen molar-refractivity contribution in [3.05, 3.63) is 60.3 Å². The van der Waals surface area contributed by atoms with Crippen molar-refractivity contribution in [2.75, 3.05) is 24.2 Å². The zero-order chi connectivity index (χ0) is 19.6. The number of hydrogen-bond donors (Lipinski definition) is 2. The van der Waals surface area contributed by atoms with E-state index in [-0.39, 0.29) is 12.8 Å². The van der Waals surface area contributed by atoms with E-state index in [0.717, 1.165) is 11.4 Å². The lowest BCUT2D eigenvalue weighted by Gasteiger charge is -2.43. The van der Waals surface area contributed by atoms with E-state index in [9.17, 15) is 8.78 Å². The smallest absolute Gasteiger partial charge is 0.148 e. The molecule has 0 unspecified atom stereocenters. The van der Waals surface area contributed by atoms with Gasteiger partial charge in [0.15, 0.2) is 0 Å². The number of nitrogens with zero attached hydrogens (tertiary/aromatic N) is 4. The highest BCUT2D eigenvalue weighted by Crippen LogP contribution is 2.45. The fourth-order valence-corrected chi connectivity index (χ4v) is 3.52. The Bertz CT molecular complexity index is 940. The number of hydrogen-bond acceptors (Lipinski definition) is 6. The number of nitrogens with one attached hydrogen (secondary N) is 2. The number of halogens is 2. The summed E-state index contributed by atoms with van der Waals surface area (Å²) in [5, 5.41) is 14.5. The Morgan fingerprint density at radius 3 is 2.50 bits per heavy atom. The maximum atomic E-state index is 14.2. The van der Waals surface area contributed by atoms with Gasteiger partial charge >= 0.3 is 0 Å². The molecule has 1 aliphatic carbocycles. The standard InChI is InChI=1S/C20H20F2N6/c1-23-17-6-4-13(11-25-17)16-5-7-18(28-27-16)26-12-20(9-14(21)10-20)19-15(22)3-2-8-24-19/h2-8,11,14H,9-10,12H2,1H3,(H,23,25)(H,26,28). The van der Waals surface area contributed by atoms with E-state index in [0.29, 0.717) is 23.8 Å². The van der Waals surface area contributed by atoms with Crippen LogP contribution in [-0.2, 0) is 5.41 Å². The Morgan fingerprint density at radius 2 is 1.89 bits per heavy atom. The predicted octanol–water partition coefficient (Wildman–Crippen LogP) is 3.60. The van der Waals surface area contributed by atoms with Crippen LogP contribution in [0, 0.1) is 5.82 Å². The van der Waals surface area contributed by atoms with E-state index in [2.05, 4.69) is 30.8 Å². The van der Waals surface area contributed by atoms with E-state index in [1.165, 1.54) is 18.3 Å². The van der Waals surface area contributed by atoms with Gasteiger partial charge in [-0.3, -0.25) is 4.98 Å². The summed E-state index contributed by atoms with van der Waals surface area (Å²) in [6, 6.07) is 10.3. The van der Waals surface area contributed by atoms with Crippen LogP contribution in [0.5, 0.6) is 0 Å². The molecule has 6 nitrogen and oxygen atoms in total. The Hall–Kier alpha value is -3.16. The van der Waals surface area contributed by atoms with E-state index in [1.54, 1.807) is 19.3 Å². The summed E-state index contributed by atoms with van der Waals surface area (Å²) in [6.45, 7) is 0.341. The second kappa shape index (κ2) is 7.46. The number of anilines is 2. The molecule has 1 fully saturated rings. The minimum absolute atomic E-state index is 0.239. The average molecular weight is 382 g/mol. The van der Waals surface area contributed by atoms with Crippen LogP contribution in [0.3, 0.4) is 0 Å². The average Bonchev–Trinajstić information content (AvgIpc) is 2.71. The molecular weight excluding hydrogens is 362 g/mol. The molecular formula is C20H20F2N6. The van der Waals surface area contributed by atoms with Crippen molar-refractivity contribution in [1.82, 2.24) is 20.2 Å². The normalized spacial score (nSPS) is 21.0. The lowest BCUT2D eigenvalue weighted by molar-refractivity contribution is 0.0964. The van der Waals surface area contributed by atoms with Gasteiger partial charge in [-0.25, -0.2) is 13.8 Å². The molecule has 2 N–H and O–H groups in total. The Labute approximate surface area is 161 Å². The fraction of sp³-hybridized carbons (Fsp3) is 0.300. The molecule has 8 heteroatoms. The minimum Gasteiger partial charge on any atom is -0.373 e. The van der Waals surface area contributed by atoms with Crippen molar-refractivity contribution >= 4 is 11.6 Å². The third-order valence-corrected chi connectivity index (χ3v) is 5.07. The first-order valence-electron chi connectivity index (χ1n) is 9.06. The molecule has 4 rings (SSSR count). The summed E-state index contributed by atoms with van der Waals surface area (Å²) in [4.78, 5) is 8.42. The van der Waals surface area contributed by atoms with Gasteiger partial charge in [0.25, 0.3) is 0 Å². The van der Waals surface area contributed by atoms with Crippen molar-refractivity contribution in [3.8, 4) is 11.3 Å². The third kappa shape index (κ3) is 3.49. The van der Waals surface area contributed by atoms with Crippen LogP contribution in [0.2, 0.25) is 0 Å². The van der Waals surface area contributed by atoms with Crippen molar-refractivity contribution in [3.63, 3.8) is 0 Å². The Balaban J connectivity index is 1.47. The van der Waals surface area contributed by atoms with Crippen LogP contribution >= 0.6 is 0 Å². The molecule has 0 amide bonds. The van der Waals surface area contributed by atoms with Crippen LogP contribution in [0.4, 0.5) is 20.4 Å². The molecule has 3 heterocycles. The maximum Gasteiger partial charge on any atom is 0.148 e. The van der Waals surface area contributed by atoms with Crippen molar-refractivity contribution in [2.45, 2.75) is 24.4 Å². The number of aromatic nitrogens is 4. The fourth-order valence-electron chi connectivity index (χ4n) is 3.52. The summed E-state index contributed by atoms with van der Waals surface area (Å²) in [5.41, 5.74) is 1.18. The summed E-state index contributed by atoms with van der Waals surface area (Å²) in [7, 11) is 1.80. The highest BCUT2D eigenvalue weighted by atomic mass is 19.1. The SMILES string of the molecule is CNc1ccc(-c2ccc(NCC3(c4ncccc4F)CC(F)C3)nn2)cn1. The first-order chi connectivity index (χ1) is 13.6. The van der Waals surface area contributed by atoms with E-state index >= 15 is 0 Å². The first-order valence-corrected chi connectivity index (χ1v) is 9.06.